The third kappa shape index (κ3) is 4.64. The monoisotopic (exact) mass is 458 g/mol. The number of amides is 1. The Morgan fingerprint density at radius 2 is 1.79 bits per heavy atom. The van der Waals surface area contributed by atoms with Crippen LogP contribution in [-0.2, 0) is 16.1 Å². The van der Waals surface area contributed by atoms with Gasteiger partial charge in [-0.15, -0.1) is 0 Å². The molecule has 1 fully saturated rings. The van der Waals surface area contributed by atoms with Gasteiger partial charge < -0.3 is 19.5 Å². The summed E-state index contributed by atoms with van der Waals surface area (Å²) >= 11 is 0. The second-order valence-corrected chi connectivity index (χ2v) is 8.22. The van der Waals surface area contributed by atoms with Crippen molar-refractivity contribution in [3.63, 3.8) is 0 Å². The molecule has 0 saturated carbocycles. The second-order valence-electron chi connectivity index (χ2n) is 8.22. The summed E-state index contributed by atoms with van der Waals surface area (Å²) in [4.78, 5) is 32.1. The maximum absolute atomic E-state index is 13.2. The smallest absolute Gasteiger partial charge is 0.296 e. The number of hydrogen-bond acceptors (Lipinski definition) is 6. The number of likely N-dealkylation sites (tertiary alicyclic amines) is 1. The number of nitrogens with zero attached hydrogens (tertiary/aromatic N) is 2. The van der Waals surface area contributed by atoms with Crippen molar-refractivity contribution in [2.75, 3.05) is 7.11 Å². The SMILES string of the molecule is COc1cccc(CN2C(=O)C(=O)/C(=C(\O)c3ccc(OC(C)C)cc3)C2c2ccccn2)c1. The molecule has 1 amide bonds. The zero-order valence-electron chi connectivity index (χ0n) is 19.3. The lowest BCUT2D eigenvalue weighted by Gasteiger charge is -2.24. The summed E-state index contributed by atoms with van der Waals surface area (Å²) in [6.45, 7) is 4.00. The van der Waals surface area contributed by atoms with Crippen LogP contribution in [0.15, 0.2) is 78.5 Å². The predicted octanol–water partition coefficient (Wildman–Crippen LogP) is 4.50. The summed E-state index contributed by atoms with van der Waals surface area (Å²) in [6, 6.07) is 18.5. The highest BCUT2D eigenvalue weighted by Crippen LogP contribution is 2.39. The van der Waals surface area contributed by atoms with Crippen LogP contribution in [0.2, 0.25) is 0 Å². The van der Waals surface area contributed by atoms with Crippen molar-refractivity contribution in [3.05, 3.63) is 95.3 Å². The Balaban J connectivity index is 1.77. The van der Waals surface area contributed by atoms with Gasteiger partial charge in [0, 0.05) is 18.3 Å². The Hall–Kier alpha value is -4.13. The van der Waals surface area contributed by atoms with Gasteiger partial charge in [0.2, 0.25) is 0 Å². The first-order valence-corrected chi connectivity index (χ1v) is 11.0. The van der Waals surface area contributed by atoms with Crippen molar-refractivity contribution in [1.29, 1.82) is 0 Å². The summed E-state index contributed by atoms with van der Waals surface area (Å²) in [5.41, 5.74) is 1.70. The van der Waals surface area contributed by atoms with E-state index in [9.17, 15) is 14.7 Å². The highest BCUT2D eigenvalue weighted by molar-refractivity contribution is 6.46. The molecule has 1 aliphatic heterocycles. The fourth-order valence-corrected chi connectivity index (χ4v) is 3.97. The van der Waals surface area contributed by atoms with E-state index in [1.807, 2.05) is 32.0 Å². The number of aliphatic hydroxyl groups excluding tert-OH is 1. The Labute approximate surface area is 198 Å². The summed E-state index contributed by atoms with van der Waals surface area (Å²) < 4.78 is 10.9. The van der Waals surface area contributed by atoms with E-state index in [4.69, 9.17) is 9.47 Å². The molecule has 0 spiro atoms. The zero-order chi connectivity index (χ0) is 24.2. The highest BCUT2D eigenvalue weighted by Gasteiger charge is 2.46. The number of aliphatic hydroxyl groups is 1. The third-order valence-electron chi connectivity index (χ3n) is 5.49. The van der Waals surface area contributed by atoms with Crippen LogP contribution in [-0.4, -0.2) is 39.9 Å². The number of ketones is 1. The Morgan fingerprint density at radius 3 is 2.44 bits per heavy atom. The molecule has 3 aromatic rings. The maximum Gasteiger partial charge on any atom is 0.296 e. The molecular weight excluding hydrogens is 432 g/mol. The zero-order valence-corrected chi connectivity index (χ0v) is 19.3. The van der Waals surface area contributed by atoms with Crippen LogP contribution in [0.3, 0.4) is 0 Å². The molecular formula is C27H26N2O5. The molecule has 174 valence electrons. The number of rotatable bonds is 7. The summed E-state index contributed by atoms with van der Waals surface area (Å²) in [5, 5.41) is 11.2. The van der Waals surface area contributed by atoms with Crippen LogP contribution >= 0.6 is 0 Å². The van der Waals surface area contributed by atoms with Crippen molar-refractivity contribution in [2.24, 2.45) is 0 Å². The van der Waals surface area contributed by atoms with Gasteiger partial charge in [-0.25, -0.2) is 0 Å². The summed E-state index contributed by atoms with van der Waals surface area (Å²) in [7, 11) is 1.57. The number of aromatic nitrogens is 1. The van der Waals surface area contributed by atoms with Gasteiger partial charge in [-0.2, -0.15) is 0 Å². The van der Waals surface area contributed by atoms with E-state index in [-0.39, 0.29) is 24.0 Å². The molecule has 1 aromatic heterocycles. The summed E-state index contributed by atoms with van der Waals surface area (Å²) in [6.07, 6.45) is 1.60. The van der Waals surface area contributed by atoms with Gasteiger partial charge in [0.05, 0.1) is 24.5 Å². The number of carbonyl (C=O) groups excluding carboxylic acids is 2. The first-order chi connectivity index (χ1) is 16.4. The van der Waals surface area contributed by atoms with E-state index >= 15 is 0 Å². The van der Waals surface area contributed by atoms with Crippen LogP contribution in [0.5, 0.6) is 11.5 Å². The minimum absolute atomic E-state index is 0.00382. The molecule has 34 heavy (non-hydrogen) atoms. The lowest BCUT2D eigenvalue weighted by molar-refractivity contribution is -0.140. The van der Waals surface area contributed by atoms with Crippen molar-refractivity contribution in [1.82, 2.24) is 9.88 Å². The van der Waals surface area contributed by atoms with Gasteiger partial charge in [-0.05, 0) is 67.9 Å². The molecule has 4 rings (SSSR count). The number of carbonyl (C=O) groups is 2. The lowest BCUT2D eigenvalue weighted by Crippen LogP contribution is -2.29. The Morgan fingerprint density at radius 1 is 1.03 bits per heavy atom. The third-order valence-corrected chi connectivity index (χ3v) is 5.49. The van der Waals surface area contributed by atoms with E-state index in [2.05, 4.69) is 4.98 Å². The van der Waals surface area contributed by atoms with Crippen molar-refractivity contribution >= 4 is 17.4 Å². The van der Waals surface area contributed by atoms with Crippen LogP contribution in [0.25, 0.3) is 5.76 Å². The molecule has 0 bridgehead atoms. The van der Waals surface area contributed by atoms with E-state index in [1.165, 1.54) is 4.90 Å². The lowest BCUT2D eigenvalue weighted by atomic mass is 9.98. The van der Waals surface area contributed by atoms with Crippen molar-refractivity contribution in [3.8, 4) is 11.5 Å². The van der Waals surface area contributed by atoms with E-state index < -0.39 is 17.7 Å². The number of ether oxygens (including phenoxy) is 2. The van der Waals surface area contributed by atoms with Crippen LogP contribution in [0.1, 0.15) is 36.7 Å². The van der Waals surface area contributed by atoms with Gasteiger partial charge in [-0.3, -0.25) is 14.6 Å². The fourth-order valence-electron chi connectivity index (χ4n) is 3.97. The van der Waals surface area contributed by atoms with Crippen molar-refractivity contribution in [2.45, 2.75) is 32.5 Å². The van der Waals surface area contributed by atoms with Gasteiger partial charge in [0.1, 0.15) is 23.3 Å². The number of Topliss-reactive ketones (excluding diaryl/α,β-unsaturated/α-hetero) is 1. The standard InChI is InChI=1S/C27H26N2O5/c1-17(2)34-20-12-10-19(11-13-20)25(30)23-24(22-9-4-5-14-28-22)29(27(32)26(23)31)16-18-7-6-8-21(15-18)33-3/h4-15,17,24,30H,16H2,1-3H3/b25-23-. The fraction of sp³-hybridized carbons (Fsp3) is 0.222. The molecule has 1 atom stereocenters. The molecule has 1 N–H and O–H groups in total. The van der Waals surface area contributed by atoms with Crippen molar-refractivity contribution < 1.29 is 24.2 Å². The largest absolute Gasteiger partial charge is 0.507 e. The Bertz CT molecular complexity index is 1220. The molecule has 1 saturated heterocycles. The van der Waals surface area contributed by atoms with Gasteiger partial charge >= 0.3 is 0 Å². The first kappa shape index (κ1) is 23.0. The summed E-state index contributed by atoms with van der Waals surface area (Å²) in [5.74, 6) is -0.407. The minimum Gasteiger partial charge on any atom is -0.507 e. The molecule has 2 heterocycles. The van der Waals surface area contributed by atoms with Gasteiger partial charge in [0.25, 0.3) is 11.7 Å². The number of methoxy groups -OCH3 is 1. The quantitative estimate of drug-likeness (QED) is 0.319. The minimum atomic E-state index is -0.834. The van der Waals surface area contributed by atoms with E-state index in [0.29, 0.717) is 22.8 Å². The molecule has 0 radical (unpaired) electrons. The molecule has 1 unspecified atom stereocenters. The normalized spacial score (nSPS) is 17.3. The van der Waals surface area contributed by atoms with Gasteiger partial charge in [-0.1, -0.05) is 18.2 Å². The number of benzene rings is 2. The number of pyridine rings is 1. The van der Waals surface area contributed by atoms with Gasteiger partial charge in [0.15, 0.2) is 0 Å². The maximum atomic E-state index is 13.2. The average molecular weight is 459 g/mol. The van der Waals surface area contributed by atoms with Crippen LogP contribution in [0.4, 0.5) is 0 Å². The van der Waals surface area contributed by atoms with Crippen LogP contribution in [0, 0.1) is 0 Å². The van der Waals surface area contributed by atoms with E-state index in [1.54, 1.807) is 61.8 Å². The highest BCUT2D eigenvalue weighted by atomic mass is 16.5. The second kappa shape index (κ2) is 9.79. The van der Waals surface area contributed by atoms with E-state index in [0.717, 1.165) is 5.56 Å². The van der Waals surface area contributed by atoms with Crippen LogP contribution < -0.4 is 9.47 Å². The predicted molar refractivity (Wildman–Crippen MR) is 127 cm³/mol. The molecule has 7 nitrogen and oxygen atoms in total. The topological polar surface area (TPSA) is 89.0 Å². The first-order valence-electron chi connectivity index (χ1n) is 11.0. The average Bonchev–Trinajstić information content (AvgIpc) is 3.09. The Kier molecular flexibility index (Phi) is 6.63. The molecule has 2 aromatic carbocycles. The molecule has 7 heteroatoms. The molecule has 0 aliphatic carbocycles. The number of hydrogen-bond donors (Lipinski definition) is 1. The molecule has 1 aliphatic rings.